The average molecular weight is 1450 g/mol. The number of hydrogen-bond donors (Lipinski definition) is 1. The van der Waals surface area contributed by atoms with Gasteiger partial charge in [-0.1, -0.05) is 352 Å². The van der Waals surface area contributed by atoms with Crippen LogP contribution in [0.15, 0.2) is 505 Å². The molecule has 4 heteroatoms. The Morgan fingerprint density at radius 3 is 0.664 bits per heavy atom. The molecule has 0 spiro atoms. The van der Waals surface area contributed by atoms with Crippen molar-refractivity contribution in [1.29, 1.82) is 0 Å². The fraction of sp³-hybridized carbons (Fsp3) is 0.00943. The van der Waals surface area contributed by atoms with Gasteiger partial charge in [-0.15, -0.1) is 20.1 Å². The van der Waals surface area contributed by atoms with Crippen LogP contribution in [0.3, 0.4) is 0 Å². The van der Waals surface area contributed by atoms with Crippen LogP contribution in [0, 0.1) is 0 Å². The van der Waals surface area contributed by atoms with Crippen molar-refractivity contribution in [3.8, 4) is 89.0 Å². The summed E-state index contributed by atoms with van der Waals surface area (Å²) in [6.45, 7) is 0.279. The topological polar surface area (TPSA) is 38.4 Å². The quantitative estimate of drug-likeness (QED) is 0.0716. The Bertz CT molecular complexity index is 5430. The van der Waals surface area contributed by atoms with E-state index in [1.54, 1.807) is 0 Å². The Morgan fingerprint density at radius 2 is 0.409 bits per heavy atom. The van der Waals surface area contributed by atoms with Crippen molar-refractivity contribution in [1.82, 2.24) is 0 Å². The first kappa shape index (κ1) is 69.7. The first-order valence-electron chi connectivity index (χ1n) is 37.5. The van der Waals surface area contributed by atoms with E-state index in [4.69, 9.17) is 10.7 Å². The van der Waals surface area contributed by atoms with Crippen molar-refractivity contribution in [2.75, 3.05) is 0 Å². The van der Waals surface area contributed by atoms with E-state index >= 15 is 0 Å². The lowest BCUT2D eigenvalue weighted by Crippen LogP contribution is -2.11. The third kappa shape index (κ3) is 14.5. The Labute approximate surface area is 649 Å². The summed E-state index contributed by atoms with van der Waals surface area (Å²) in [6.07, 6.45) is 2.10. The van der Waals surface area contributed by atoms with Gasteiger partial charge in [0.15, 0.2) is 0 Å². The molecule has 17 rings (SSSR count). The monoisotopic (exact) mass is 1440 g/mol. The lowest BCUT2D eigenvalue weighted by molar-refractivity contribution is 1.03. The molecular formula is C106H80N2S2. The Kier molecular flexibility index (Phi) is 20.3. The normalized spacial score (nSPS) is 12.1. The van der Waals surface area contributed by atoms with Gasteiger partial charge >= 0.3 is 0 Å². The van der Waals surface area contributed by atoms with Crippen LogP contribution in [0.1, 0.15) is 16.7 Å². The minimum Gasteiger partial charge on any atom is -0.398 e. The summed E-state index contributed by atoms with van der Waals surface area (Å²) < 4.78 is 0. The van der Waals surface area contributed by atoms with Crippen molar-refractivity contribution < 1.29 is 0 Å². The van der Waals surface area contributed by atoms with Gasteiger partial charge in [-0.25, -0.2) is 0 Å². The maximum Gasteiger partial charge on any atom is 0.0671 e. The molecule has 0 aliphatic heterocycles. The molecule has 0 amide bonds. The standard InChI is InChI=1S/C106H80N2S2/c107-105(95-57-25-49-87(67-95)79-33-9-1-10-34-79)76-106(96-58-26-50-88(68-96)80-35-11-2-12-36-80)108-77-78-65-103(109(97-59-27-51-89(69-97)81-37-13-3-14-38-81,98-60-28-52-90(70-98)82-39-15-4-16-40-82)99-61-29-53-91(71-99)83-41-17-5-18-42-83)75-104(66-78)110(100-62-30-54-92(72-100)84-43-19-6-20-44-84,101-63-31-55-93(73-101)85-45-21-7-22-46-85)102-64-32-56-94(74-102)86-47-23-8-24-48-86/h1-76H,77,107H2/b105-76-,108-106+. The second kappa shape index (κ2) is 32.0. The smallest absolute Gasteiger partial charge is 0.0671 e. The molecule has 0 fully saturated rings. The summed E-state index contributed by atoms with van der Waals surface area (Å²) >= 11 is 0. The zero-order chi connectivity index (χ0) is 73.9. The minimum atomic E-state index is -2.68. The molecule has 0 saturated carbocycles. The van der Waals surface area contributed by atoms with Gasteiger partial charge in [0.05, 0.1) is 12.3 Å². The zero-order valence-electron chi connectivity index (χ0n) is 60.9. The molecule has 0 atom stereocenters. The van der Waals surface area contributed by atoms with Crippen molar-refractivity contribution in [2.45, 2.75) is 45.7 Å². The lowest BCUT2D eigenvalue weighted by Gasteiger charge is -2.46. The van der Waals surface area contributed by atoms with Gasteiger partial charge in [-0.05, 0) is 209 Å². The molecule has 110 heavy (non-hydrogen) atoms. The van der Waals surface area contributed by atoms with Gasteiger partial charge in [-0.2, -0.15) is 0 Å². The average Bonchev–Trinajstić information content (AvgIpc) is 0.706. The van der Waals surface area contributed by atoms with Crippen molar-refractivity contribution in [2.24, 2.45) is 10.7 Å². The molecule has 0 heterocycles. The van der Waals surface area contributed by atoms with E-state index in [9.17, 15) is 0 Å². The molecule has 17 aromatic carbocycles. The van der Waals surface area contributed by atoms with E-state index in [0.29, 0.717) is 5.70 Å². The summed E-state index contributed by atoms with van der Waals surface area (Å²) in [6, 6.07) is 168. The first-order chi connectivity index (χ1) is 54.4. The van der Waals surface area contributed by atoms with Crippen LogP contribution in [-0.2, 0) is 6.54 Å². The molecule has 17 aromatic rings. The summed E-state index contributed by atoms with van der Waals surface area (Å²) in [5.41, 5.74) is 29.9. The number of aliphatic imine (C=N–C) groups is 1. The molecule has 0 aliphatic rings. The largest absolute Gasteiger partial charge is 0.398 e. The minimum absolute atomic E-state index is 0.279. The molecular weight excluding hydrogens is 1370 g/mol. The highest BCUT2D eigenvalue weighted by Crippen LogP contribution is 2.78. The fourth-order valence-corrected chi connectivity index (χ4v) is 23.4. The molecule has 2 nitrogen and oxygen atoms in total. The Hall–Kier alpha value is -13.4. The second-order valence-electron chi connectivity index (χ2n) is 27.6. The van der Waals surface area contributed by atoms with Gasteiger partial charge in [0, 0.05) is 50.4 Å². The van der Waals surface area contributed by atoms with Crippen LogP contribution in [-0.4, -0.2) is 5.71 Å². The predicted octanol–water partition coefficient (Wildman–Crippen LogP) is 28.7. The Morgan fingerprint density at radius 1 is 0.200 bits per heavy atom. The van der Waals surface area contributed by atoms with Crippen molar-refractivity contribution >= 4 is 31.5 Å². The molecule has 0 bridgehead atoms. The molecule has 2 N–H and O–H groups in total. The van der Waals surface area contributed by atoms with E-state index in [1.807, 2.05) is 0 Å². The van der Waals surface area contributed by atoms with E-state index in [1.165, 1.54) is 29.4 Å². The molecule has 0 radical (unpaired) electrons. The predicted molar refractivity (Wildman–Crippen MR) is 465 cm³/mol. The first-order valence-corrected chi connectivity index (χ1v) is 40.7. The summed E-state index contributed by atoms with van der Waals surface area (Å²) in [5.74, 6) is 0. The number of nitrogens with two attached hydrogens (primary N) is 1. The maximum atomic E-state index is 7.56. The van der Waals surface area contributed by atoms with Gasteiger partial charge < -0.3 is 5.73 Å². The number of rotatable bonds is 21. The van der Waals surface area contributed by atoms with E-state index in [2.05, 4.69) is 461 Å². The molecule has 0 saturated heterocycles. The van der Waals surface area contributed by atoms with Gasteiger partial charge in [-0.3, -0.25) is 4.99 Å². The molecule has 0 aliphatic carbocycles. The molecule has 0 aromatic heterocycles. The Balaban J connectivity index is 1.03. The summed E-state index contributed by atoms with van der Waals surface area (Å²) in [5, 5.41) is 0. The fourth-order valence-electron chi connectivity index (χ4n) is 15.3. The second-order valence-corrected chi connectivity index (χ2v) is 33.8. The number of benzene rings is 17. The van der Waals surface area contributed by atoms with E-state index in [0.717, 1.165) is 121 Å². The van der Waals surface area contributed by atoms with Gasteiger partial charge in [0.2, 0.25) is 0 Å². The molecule has 526 valence electrons. The van der Waals surface area contributed by atoms with Crippen LogP contribution in [0.4, 0.5) is 0 Å². The van der Waals surface area contributed by atoms with Crippen LogP contribution in [0.5, 0.6) is 0 Å². The van der Waals surface area contributed by atoms with Crippen molar-refractivity contribution in [3.63, 3.8) is 0 Å². The zero-order valence-corrected chi connectivity index (χ0v) is 62.6. The number of allylic oxidation sites excluding steroid dienone is 1. The third-order valence-electron chi connectivity index (χ3n) is 20.7. The van der Waals surface area contributed by atoms with Crippen LogP contribution >= 0.6 is 20.1 Å². The lowest BCUT2D eigenvalue weighted by atomic mass is 9.98. The van der Waals surface area contributed by atoms with Crippen LogP contribution in [0.2, 0.25) is 0 Å². The highest BCUT2D eigenvalue weighted by molar-refractivity contribution is 8.34. The van der Waals surface area contributed by atoms with Crippen LogP contribution in [0.25, 0.3) is 94.7 Å². The summed E-state index contributed by atoms with van der Waals surface area (Å²) in [4.78, 5) is 15.5. The highest BCUT2D eigenvalue weighted by atomic mass is 32.3. The van der Waals surface area contributed by atoms with E-state index < -0.39 is 20.1 Å². The van der Waals surface area contributed by atoms with Crippen molar-refractivity contribution in [3.05, 3.63) is 478 Å². The maximum absolute atomic E-state index is 7.56. The highest BCUT2D eigenvalue weighted by Gasteiger charge is 2.40. The van der Waals surface area contributed by atoms with Gasteiger partial charge in [0.25, 0.3) is 0 Å². The number of hydrogen-bond acceptors (Lipinski definition) is 2. The third-order valence-corrected chi connectivity index (χ3v) is 28.4. The van der Waals surface area contributed by atoms with E-state index in [-0.39, 0.29) is 6.54 Å². The molecule has 0 unspecified atom stereocenters. The summed E-state index contributed by atoms with van der Waals surface area (Å²) in [7, 11) is -5.37. The van der Waals surface area contributed by atoms with Crippen LogP contribution < -0.4 is 5.73 Å². The van der Waals surface area contributed by atoms with Gasteiger partial charge in [0.1, 0.15) is 0 Å². The number of nitrogens with zero attached hydrogens (tertiary/aromatic N) is 1. The SMILES string of the molecule is N/C(=C\C(=N/Cc1cc(S(c2cccc(-c3ccccc3)c2)(c2cccc(-c3ccccc3)c2)c2cccc(-c3ccccc3)c2)cc(S(c2cccc(-c3ccccc3)c2)(c2cccc(-c3ccccc3)c2)c2cccc(-c3ccccc3)c2)c1)c1cccc(-c2ccccc2)c1)c1cccc(-c2ccccc2)c1.